The highest BCUT2D eigenvalue weighted by Crippen LogP contribution is 2.38. The second-order valence-electron chi connectivity index (χ2n) is 5.91. The Morgan fingerprint density at radius 3 is 2.77 bits per heavy atom. The number of amides is 1. The summed E-state index contributed by atoms with van der Waals surface area (Å²) < 4.78 is 16.6. The summed E-state index contributed by atoms with van der Waals surface area (Å²) in [6.07, 6.45) is 4.55. The molecule has 4 rings (SSSR count). The van der Waals surface area contributed by atoms with E-state index in [0.29, 0.717) is 18.8 Å². The summed E-state index contributed by atoms with van der Waals surface area (Å²) in [5.41, 5.74) is 2.21. The van der Waals surface area contributed by atoms with E-state index >= 15 is 0 Å². The van der Waals surface area contributed by atoms with Gasteiger partial charge in [0.05, 0.1) is 13.2 Å². The first-order valence-corrected chi connectivity index (χ1v) is 7.66. The lowest BCUT2D eigenvalue weighted by Gasteiger charge is -2.34. The molecule has 2 heterocycles. The topological polar surface area (TPSA) is 73.6 Å². The van der Waals surface area contributed by atoms with Gasteiger partial charge in [0, 0.05) is 24.4 Å². The van der Waals surface area contributed by atoms with E-state index in [-0.39, 0.29) is 11.8 Å². The molecule has 1 N–H and O–H groups in total. The van der Waals surface area contributed by atoms with Gasteiger partial charge >= 0.3 is 0 Å². The lowest BCUT2D eigenvalue weighted by Crippen LogP contribution is -2.38. The number of hydrogen-bond acceptors (Lipinski definition) is 5. The first-order valence-electron chi connectivity index (χ1n) is 7.66. The average Bonchev–Trinajstić information content (AvgIpc) is 3.17. The van der Waals surface area contributed by atoms with Gasteiger partial charge in [0.1, 0.15) is 5.52 Å². The monoisotopic (exact) mass is 302 g/mol. The van der Waals surface area contributed by atoms with Crippen molar-refractivity contribution in [1.82, 2.24) is 4.98 Å². The van der Waals surface area contributed by atoms with Crippen molar-refractivity contribution in [2.45, 2.75) is 31.5 Å². The average molecular weight is 302 g/mol. The number of carbonyl (C=O) groups is 1. The first kappa shape index (κ1) is 13.7. The van der Waals surface area contributed by atoms with Crippen molar-refractivity contribution in [3.63, 3.8) is 0 Å². The summed E-state index contributed by atoms with van der Waals surface area (Å²) in [6, 6.07) is 5.47. The zero-order valence-corrected chi connectivity index (χ0v) is 12.2. The first-order chi connectivity index (χ1) is 10.7. The fourth-order valence-electron chi connectivity index (χ4n) is 3.29. The number of hydrogen-bond donors (Lipinski definition) is 1. The largest absolute Gasteiger partial charge is 0.443 e. The Kier molecular flexibility index (Phi) is 3.35. The van der Waals surface area contributed by atoms with Gasteiger partial charge in [-0.2, -0.15) is 0 Å². The molecule has 2 aromatic rings. The Bertz CT molecular complexity index is 680. The van der Waals surface area contributed by atoms with Gasteiger partial charge in [-0.15, -0.1) is 0 Å². The van der Waals surface area contributed by atoms with Gasteiger partial charge in [-0.05, 0) is 31.0 Å². The Hall–Kier alpha value is -1.92. The molecule has 1 saturated heterocycles. The summed E-state index contributed by atoms with van der Waals surface area (Å²) in [4.78, 5) is 16.5. The molecule has 1 aliphatic heterocycles. The van der Waals surface area contributed by atoms with Crippen LogP contribution in [-0.2, 0) is 14.3 Å². The van der Waals surface area contributed by atoms with Crippen LogP contribution >= 0.6 is 0 Å². The fourth-order valence-corrected chi connectivity index (χ4v) is 3.29. The van der Waals surface area contributed by atoms with E-state index in [0.717, 1.165) is 36.9 Å². The maximum Gasteiger partial charge on any atom is 0.227 e. The van der Waals surface area contributed by atoms with E-state index in [1.807, 2.05) is 18.2 Å². The van der Waals surface area contributed by atoms with Crippen LogP contribution in [0.5, 0.6) is 0 Å². The lowest BCUT2D eigenvalue weighted by molar-refractivity contribution is -0.182. The number of rotatable bonds is 2. The molecular weight excluding hydrogens is 284 g/mol. The third-order valence-corrected chi connectivity index (χ3v) is 4.53. The van der Waals surface area contributed by atoms with Crippen molar-refractivity contribution in [1.29, 1.82) is 0 Å². The van der Waals surface area contributed by atoms with E-state index in [1.165, 1.54) is 6.39 Å². The molecule has 1 aliphatic carbocycles. The van der Waals surface area contributed by atoms with Crippen molar-refractivity contribution in [2.24, 2.45) is 5.92 Å². The standard InChI is InChI=1S/C16H18N2O4/c19-15(11-3-5-16(6-4-11)21-7-8-22-16)18-12-1-2-14-13(9-12)17-10-20-14/h1-2,9-11H,3-8H2,(H,18,19). The fraction of sp³-hybridized carbons (Fsp3) is 0.500. The van der Waals surface area contributed by atoms with Crippen LogP contribution in [-0.4, -0.2) is 29.9 Å². The highest BCUT2D eigenvalue weighted by atomic mass is 16.7. The van der Waals surface area contributed by atoms with Crippen molar-refractivity contribution in [3.05, 3.63) is 24.6 Å². The molecule has 6 heteroatoms. The van der Waals surface area contributed by atoms with Gasteiger partial charge in [-0.3, -0.25) is 4.79 Å². The second kappa shape index (κ2) is 5.37. The van der Waals surface area contributed by atoms with Gasteiger partial charge in [0.2, 0.25) is 5.91 Å². The Balaban J connectivity index is 1.40. The molecule has 0 atom stereocenters. The lowest BCUT2D eigenvalue weighted by atomic mass is 9.84. The number of carbonyl (C=O) groups excluding carboxylic acids is 1. The molecule has 1 amide bonds. The molecule has 2 fully saturated rings. The number of fused-ring (bicyclic) bond motifs is 1. The Morgan fingerprint density at radius 1 is 1.23 bits per heavy atom. The molecule has 22 heavy (non-hydrogen) atoms. The molecule has 1 saturated carbocycles. The third kappa shape index (κ3) is 2.48. The van der Waals surface area contributed by atoms with E-state index in [9.17, 15) is 4.79 Å². The molecule has 6 nitrogen and oxygen atoms in total. The van der Waals surface area contributed by atoms with Crippen LogP contribution in [0.1, 0.15) is 25.7 Å². The summed E-state index contributed by atoms with van der Waals surface area (Å²) >= 11 is 0. The minimum atomic E-state index is -0.420. The zero-order valence-electron chi connectivity index (χ0n) is 12.2. The highest BCUT2D eigenvalue weighted by Gasteiger charge is 2.41. The van der Waals surface area contributed by atoms with Gasteiger partial charge in [0.15, 0.2) is 17.8 Å². The van der Waals surface area contributed by atoms with Crippen LogP contribution in [0, 0.1) is 5.92 Å². The van der Waals surface area contributed by atoms with E-state index in [1.54, 1.807) is 0 Å². The SMILES string of the molecule is O=C(Nc1ccc2ocnc2c1)C1CCC2(CC1)OCCO2. The van der Waals surface area contributed by atoms with Gasteiger partial charge in [-0.1, -0.05) is 0 Å². The molecule has 1 spiro atoms. The van der Waals surface area contributed by atoms with Crippen LogP contribution in [0.25, 0.3) is 11.1 Å². The molecular formula is C16H18N2O4. The number of aromatic nitrogens is 1. The van der Waals surface area contributed by atoms with Crippen LogP contribution in [0.3, 0.4) is 0 Å². The summed E-state index contributed by atoms with van der Waals surface area (Å²) in [5.74, 6) is -0.363. The molecule has 1 aromatic heterocycles. The summed E-state index contributed by atoms with van der Waals surface area (Å²) in [6.45, 7) is 1.32. The van der Waals surface area contributed by atoms with Crippen molar-refractivity contribution in [3.8, 4) is 0 Å². The molecule has 1 aromatic carbocycles. The van der Waals surface area contributed by atoms with E-state index < -0.39 is 5.79 Å². The number of benzene rings is 1. The number of nitrogens with one attached hydrogen (secondary N) is 1. The minimum Gasteiger partial charge on any atom is -0.443 e. The van der Waals surface area contributed by atoms with Crippen LogP contribution < -0.4 is 5.32 Å². The third-order valence-electron chi connectivity index (χ3n) is 4.53. The summed E-state index contributed by atoms with van der Waals surface area (Å²) in [5, 5.41) is 2.97. The number of ether oxygens (including phenoxy) is 2. The molecule has 116 valence electrons. The smallest absolute Gasteiger partial charge is 0.227 e. The minimum absolute atomic E-state index is 0.00595. The van der Waals surface area contributed by atoms with E-state index in [4.69, 9.17) is 13.9 Å². The molecule has 0 bridgehead atoms. The quantitative estimate of drug-likeness (QED) is 0.923. The van der Waals surface area contributed by atoms with Crippen molar-refractivity contribution >= 4 is 22.7 Å². The predicted molar refractivity (Wildman–Crippen MR) is 79.2 cm³/mol. The highest BCUT2D eigenvalue weighted by molar-refractivity contribution is 5.94. The number of oxazole rings is 1. The Morgan fingerprint density at radius 2 is 2.00 bits per heavy atom. The predicted octanol–water partition coefficient (Wildman–Crippen LogP) is 2.70. The summed E-state index contributed by atoms with van der Waals surface area (Å²) in [7, 11) is 0. The number of anilines is 1. The molecule has 0 unspecified atom stereocenters. The molecule has 2 aliphatic rings. The maximum absolute atomic E-state index is 12.4. The van der Waals surface area contributed by atoms with Crippen LogP contribution in [0.2, 0.25) is 0 Å². The zero-order chi connectivity index (χ0) is 15.0. The second-order valence-corrected chi connectivity index (χ2v) is 5.91. The van der Waals surface area contributed by atoms with Gasteiger partial charge in [0.25, 0.3) is 0 Å². The van der Waals surface area contributed by atoms with E-state index in [2.05, 4.69) is 10.3 Å². The van der Waals surface area contributed by atoms with Gasteiger partial charge in [-0.25, -0.2) is 4.98 Å². The Labute approximate surface area is 127 Å². The molecule has 0 radical (unpaired) electrons. The van der Waals surface area contributed by atoms with Gasteiger partial charge < -0.3 is 19.2 Å². The van der Waals surface area contributed by atoms with Crippen LogP contribution in [0.4, 0.5) is 5.69 Å². The van der Waals surface area contributed by atoms with Crippen molar-refractivity contribution < 1.29 is 18.7 Å². The van der Waals surface area contributed by atoms with Crippen molar-refractivity contribution in [2.75, 3.05) is 18.5 Å². The normalized spacial score (nSPS) is 21.5. The maximum atomic E-state index is 12.4. The van der Waals surface area contributed by atoms with Crippen LogP contribution in [0.15, 0.2) is 29.0 Å². The number of nitrogens with zero attached hydrogens (tertiary/aromatic N) is 1.